The predicted octanol–water partition coefficient (Wildman–Crippen LogP) is 1.41. The molecule has 3 rings (SSSR count). The molecule has 1 unspecified atom stereocenters. The highest BCUT2D eigenvalue weighted by atomic mass is 16.2. The lowest BCUT2D eigenvalue weighted by Gasteiger charge is -2.30. The minimum absolute atomic E-state index is 0.222. The predicted molar refractivity (Wildman–Crippen MR) is 70.1 cm³/mol. The lowest BCUT2D eigenvalue weighted by molar-refractivity contribution is -0.132. The van der Waals surface area contributed by atoms with Crippen LogP contribution in [0.4, 0.5) is 5.69 Å². The van der Waals surface area contributed by atoms with E-state index in [0.717, 1.165) is 29.7 Å². The molecular weight excluding hydrogens is 228 g/mol. The Morgan fingerprint density at radius 3 is 3.06 bits per heavy atom. The molecule has 1 aliphatic rings. The van der Waals surface area contributed by atoms with Crippen LogP contribution in [0.1, 0.15) is 18.9 Å². The van der Waals surface area contributed by atoms with Gasteiger partial charge in [0.2, 0.25) is 5.91 Å². The molecule has 2 heterocycles. The first-order chi connectivity index (χ1) is 8.65. The third-order valence-electron chi connectivity index (χ3n) is 3.59. The number of nitrogens with zero attached hydrogens (tertiary/aromatic N) is 3. The molecule has 18 heavy (non-hydrogen) atoms. The molecule has 5 nitrogen and oxygen atoms in total. The van der Waals surface area contributed by atoms with Gasteiger partial charge in [-0.05, 0) is 24.6 Å². The Labute approximate surface area is 105 Å². The van der Waals surface area contributed by atoms with Crippen LogP contribution in [0.15, 0.2) is 24.5 Å². The second-order valence-electron chi connectivity index (χ2n) is 4.87. The van der Waals surface area contributed by atoms with Gasteiger partial charge in [0.15, 0.2) is 0 Å². The van der Waals surface area contributed by atoms with Gasteiger partial charge >= 0.3 is 0 Å². The van der Waals surface area contributed by atoms with E-state index in [-0.39, 0.29) is 5.91 Å². The van der Waals surface area contributed by atoms with Gasteiger partial charge in [-0.2, -0.15) is 0 Å². The molecule has 2 N–H and O–H groups in total. The number of anilines is 1. The molecule has 1 fully saturated rings. The maximum atomic E-state index is 11.5. The quantitative estimate of drug-likeness (QED) is 0.771. The van der Waals surface area contributed by atoms with E-state index in [9.17, 15) is 4.79 Å². The number of benzene rings is 1. The number of fused-ring (bicyclic) bond motifs is 1. The summed E-state index contributed by atoms with van der Waals surface area (Å²) in [6, 6.07) is 6.07. The van der Waals surface area contributed by atoms with Crippen LogP contribution < -0.4 is 5.73 Å². The monoisotopic (exact) mass is 244 g/mol. The number of carbonyl (C=O) groups excluding carboxylic acids is 1. The topological polar surface area (TPSA) is 64.2 Å². The summed E-state index contributed by atoms with van der Waals surface area (Å²) in [4.78, 5) is 17.7. The Balaban J connectivity index is 1.97. The molecule has 1 atom stereocenters. The Kier molecular flexibility index (Phi) is 2.47. The number of nitrogens with two attached hydrogens (primary N) is 1. The van der Waals surface area contributed by atoms with Gasteiger partial charge in [0.05, 0.1) is 23.4 Å². The Morgan fingerprint density at radius 2 is 2.28 bits per heavy atom. The number of hydrogen-bond donors (Lipinski definition) is 1. The highest BCUT2D eigenvalue weighted by Crippen LogP contribution is 2.26. The van der Waals surface area contributed by atoms with E-state index in [2.05, 4.69) is 9.55 Å². The van der Waals surface area contributed by atoms with Gasteiger partial charge in [-0.3, -0.25) is 4.79 Å². The molecule has 0 spiro atoms. The van der Waals surface area contributed by atoms with Gasteiger partial charge in [0.1, 0.15) is 0 Å². The van der Waals surface area contributed by atoms with Gasteiger partial charge in [-0.15, -0.1) is 0 Å². The fourth-order valence-electron chi connectivity index (χ4n) is 2.56. The molecule has 0 saturated carbocycles. The van der Waals surface area contributed by atoms with Crippen molar-refractivity contribution in [3.8, 4) is 0 Å². The van der Waals surface area contributed by atoms with Crippen LogP contribution in [-0.2, 0) is 4.79 Å². The Hall–Kier alpha value is -2.04. The number of likely N-dealkylation sites (N-methyl/N-ethyl adjacent to an activating group) is 1. The van der Waals surface area contributed by atoms with E-state index in [1.165, 1.54) is 0 Å². The highest BCUT2D eigenvalue weighted by Gasteiger charge is 2.24. The lowest BCUT2D eigenvalue weighted by atomic mass is 10.1. The smallest absolute Gasteiger partial charge is 0.222 e. The maximum absolute atomic E-state index is 11.5. The summed E-state index contributed by atoms with van der Waals surface area (Å²) < 4.78 is 2.15. The van der Waals surface area contributed by atoms with Crippen LogP contribution >= 0.6 is 0 Å². The molecule has 1 aliphatic heterocycles. The van der Waals surface area contributed by atoms with Crippen molar-refractivity contribution < 1.29 is 4.79 Å². The fraction of sp³-hybridized carbons (Fsp3) is 0.385. The van der Waals surface area contributed by atoms with E-state index >= 15 is 0 Å². The molecule has 1 amide bonds. The van der Waals surface area contributed by atoms with Crippen LogP contribution in [-0.4, -0.2) is 34.0 Å². The molecule has 2 aromatic rings. The number of likely N-dealkylation sites (tertiary alicyclic amines) is 1. The summed E-state index contributed by atoms with van der Waals surface area (Å²) in [6.45, 7) is 0.745. The normalized spacial score (nSPS) is 20.6. The van der Waals surface area contributed by atoms with Gasteiger partial charge in [-0.25, -0.2) is 4.98 Å². The van der Waals surface area contributed by atoms with Crippen LogP contribution in [0.5, 0.6) is 0 Å². The van der Waals surface area contributed by atoms with Crippen molar-refractivity contribution in [2.24, 2.45) is 0 Å². The summed E-state index contributed by atoms with van der Waals surface area (Å²) in [7, 11) is 1.85. The van der Waals surface area contributed by atoms with Gasteiger partial charge in [-0.1, -0.05) is 0 Å². The molecular formula is C13H16N4O. The van der Waals surface area contributed by atoms with E-state index in [1.54, 1.807) is 4.90 Å². The highest BCUT2D eigenvalue weighted by molar-refractivity contribution is 5.80. The number of aromatic nitrogens is 2. The van der Waals surface area contributed by atoms with Crippen LogP contribution in [0.25, 0.3) is 11.0 Å². The van der Waals surface area contributed by atoms with Crippen LogP contribution in [0.2, 0.25) is 0 Å². The first-order valence-corrected chi connectivity index (χ1v) is 6.11. The minimum Gasteiger partial charge on any atom is -0.399 e. The number of hydrogen-bond acceptors (Lipinski definition) is 3. The van der Waals surface area contributed by atoms with E-state index in [4.69, 9.17) is 5.73 Å². The number of nitrogen functional groups attached to an aromatic ring is 1. The van der Waals surface area contributed by atoms with Crippen molar-refractivity contribution >= 4 is 22.6 Å². The van der Waals surface area contributed by atoms with Gasteiger partial charge in [0, 0.05) is 25.7 Å². The summed E-state index contributed by atoms with van der Waals surface area (Å²) in [5.74, 6) is 0.222. The average Bonchev–Trinajstić information content (AvgIpc) is 2.75. The number of carbonyl (C=O) groups is 1. The summed E-state index contributed by atoms with van der Waals surface area (Å²) >= 11 is 0. The van der Waals surface area contributed by atoms with E-state index in [1.807, 2.05) is 31.6 Å². The number of rotatable bonds is 1. The zero-order valence-corrected chi connectivity index (χ0v) is 10.3. The average molecular weight is 244 g/mol. The largest absolute Gasteiger partial charge is 0.399 e. The van der Waals surface area contributed by atoms with Crippen LogP contribution in [0, 0.1) is 0 Å². The van der Waals surface area contributed by atoms with E-state index in [0.29, 0.717) is 12.5 Å². The van der Waals surface area contributed by atoms with Crippen molar-refractivity contribution in [3.05, 3.63) is 24.5 Å². The zero-order chi connectivity index (χ0) is 12.7. The molecule has 5 heteroatoms. The molecule has 1 aromatic heterocycles. The first kappa shape index (κ1) is 11.1. The van der Waals surface area contributed by atoms with Crippen LogP contribution in [0.3, 0.4) is 0 Å². The van der Waals surface area contributed by atoms with Crippen molar-refractivity contribution in [2.75, 3.05) is 19.3 Å². The third-order valence-corrected chi connectivity index (χ3v) is 3.59. The Morgan fingerprint density at radius 1 is 1.44 bits per heavy atom. The van der Waals surface area contributed by atoms with Gasteiger partial charge in [0.25, 0.3) is 0 Å². The number of piperidine rings is 1. The number of amides is 1. The SMILES string of the molecule is CN1CC(n2cnc3cc(N)ccc32)CCC1=O. The van der Waals surface area contributed by atoms with Crippen molar-refractivity contribution in [1.82, 2.24) is 14.5 Å². The second-order valence-corrected chi connectivity index (χ2v) is 4.87. The van der Waals surface area contributed by atoms with Gasteiger partial charge < -0.3 is 15.2 Å². The molecule has 0 bridgehead atoms. The molecule has 1 aromatic carbocycles. The fourth-order valence-corrected chi connectivity index (χ4v) is 2.56. The lowest BCUT2D eigenvalue weighted by Crippen LogP contribution is -2.37. The third kappa shape index (κ3) is 1.72. The second kappa shape index (κ2) is 4.01. The zero-order valence-electron chi connectivity index (χ0n) is 10.3. The molecule has 1 saturated heterocycles. The summed E-state index contributed by atoms with van der Waals surface area (Å²) in [5, 5.41) is 0. The van der Waals surface area contributed by atoms with Crippen molar-refractivity contribution in [1.29, 1.82) is 0 Å². The van der Waals surface area contributed by atoms with Crippen molar-refractivity contribution in [3.63, 3.8) is 0 Å². The first-order valence-electron chi connectivity index (χ1n) is 6.11. The summed E-state index contributed by atoms with van der Waals surface area (Å²) in [5.41, 5.74) is 8.47. The van der Waals surface area contributed by atoms with Crippen molar-refractivity contribution in [2.45, 2.75) is 18.9 Å². The standard InChI is InChI=1S/C13H16N4O/c1-16-7-10(3-5-13(16)18)17-8-15-11-6-9(14)2-4-12(11)17/h2,4,6,8,10H,3,5,7,14H2,1H3. The molecule has 0 aliphatic carbocycles. The Bertz CT molecular complexity index is 604. The van der Waals surface area contributed by atoms with E-state index < -0.39 is 0 Å². The summed E-state index contributed by atoms with van der Waals surface area (Å²) in [6.07, 6.45) is 3.33. The number of imidazole rings is 1. The molecule has 0 radical (unpaired) electrons. The maximum Gasteiger partial charge on any atom is 0.222 e. The molecule has 94 valence electrons. The minimum atomic E-state index is 0.222.